The number of carbonyl (C=O) groups excluding carboxylic acids is 2. The van der Waals surface area contributed by atoms with Crippen molar-refractivity contribution in [3.63, 3.8) is 0 Å². The molecule has 1 atom stereocenters. The normalized spacial score (nSPS) is 11.3. The van der Waals surface area contributed by atoms with Crippen molar-refractivity contribution in [2.45, 2.75) is 10.1 Å². The lowest BCUT2D eigenvalue weighted by Gasteiger charge is -2.18. The monoisotopic (exact) mass is 604 g/mol. The molecule has 0 aliphatic rings. The highest BCUT2D eigenvalue weighted by molar-refractivity contribution is 8.00. The molecule has 0 heterocycles. The number of nitrogens with one attached hydrogen (secondary N) is 2. The molecule has 0 fully saturated rings. The molecular weight excluding hydrogens is 584 g/mol. The first-order valence-electron chi connectivity index (χ1n) is 12.1. The van der Waals surface area contributed by atoms with E-state index in [4.69, 9.17) is 16.7 Å². The topological polar surface area (TPSA) is 170 Å². The van der Waals surface area contributed by atoms with Gasteiger partial charge in [0, 0.05) is 10.6 Å². The molecule has 0 spiro atoms. The van der Waals surface area contributed by atoms with Crippen molar-refractivity contribution < 1.29 is 39.3 Å². The Morgan fingerprint density at radius 1 is 0.667 bits per heavy atom. The summed E-state index contributed by atoms with van der Waals surface area (Å²) in [7, 11) is 0. The van der Waals surface area contributed by atoms with Crippen LogP contribution < -0.4 is 10.6 Å². The van der Waals surface area contributed by atoms with E-state index in [9.17, 15) is 34.2 Å². The molecule has 2 amide bonds. The summed E-state index contributed by atoms with van der Waals surface area (Å²) in [5.41, 5.74) is 0.0520. The van der Waals surface area contributed by atoms with Crippen molar-refractivity contribution in [2.24, 2.45) is 0 Å². The van der Waals surface area contributed by atoms with E-state index in [2.05, 4.69) is 10.6 Å². The van der Waals surface area contributed by atoms with Gasteiger partial charge in [-0.2, -0.15) is 0 Å². The van der Waals surface area contributed by atoms with E-state index in [0.29, 0.717) is 16.1 Å². The molecule has 42 heavy (non-hydrogen) atoms. The zero-order valence-electron chi connectivity index (χ0n) is 21.4. The molecule has 212 valence electrons. The van der Waals surface area contributed by atoms with Gasteiger partial charge in [-0.1, -0.05) is 48.0 Å². The van der Waals surface area contributed by atoms with Crippen molar-refractivity contribution >= 4 is 64.5 Å². The molecule has 4 rings (SSSR count). The number of carboxylic acids is 3. The lowest BCUT2D eigenvalue weighted by molar-refractivity contribution is -0.115. The van der Waals surface area contributed by atoms with Crippen LogP contribution in [0.1, 0.15) is 52.2 Å². The summed E-state index contributed by atoms with van der Waals surface area (Å²) in [5, 5.41) is 32.6. The van der Waals surface area contributed by atoms with Crippen molar-refractivity contribution in [3.8, 4) is 0 Å². The van der Waals surface area contributed by atoms with Gasteiger partial charge in [-0.3, -0.25) is 9.59 Å². The minimum Gasteiger partial charge on any atom is -0.478 e. The standard InChI is InChI=1S/C30H21ClN2O8S/c31-23-12-10-18(29(38)39)14-24(23)33-27(35)25(16-5-2-1-3-6-16)42-20-8-4-7-19(15-20)32-26(34)21-11-9-17(28(36)37)13-22(21)30(40)41/h1-15,25H,(H,32,34)(H,33,35)(H,36,37)(H,38,39)(H,40,41). The molecule has 0 aromatic heterocycles. The second kappa shape index (κ2) is 13.0. The van der Waals surface area contributed by atoms with Crippen LogP contribution in [0.2, 0.25) is 5.02 Å². The molecule has 0 bridgehead atoms. The minimum atomic E-state index is -1.46. The third kappa shape index (κ3) is 7.14. The first-order chi connectivity index (χ1) is 20.0. The van der Waals surface area contributed by atoms with Crippen LogP contribution in [0, 0.1) is 0 Å². The summed E-state index contributed by atoms with van der Waals surface area (Å²) < 4.78 is 0. The fourth-order valence-corrected chi connectivity index (χ4v) is 5.14. The largest absolute Gasteiger partial charge is 0.478 e. The number of amides is 2. The molecule has 0 radical (unpaired) electrons. The van der Waals surface area contributed by atoms with E-state index in [0.717, 1.165) is 30.0 Å². The Kier molecular flexibility index (Phi) is 9.25. The number of carboxylic acid groups (broad SMARTS) is 3. The maximum Gasteiger partial charge on any atom is 0.336 e. The Morgan fingerprint density at radius 2 is 1.33 bits per heavy atom. The van der Waals surface area contributed by atoms with Crippen LogP contribution in [0.3, 0.4) is 0 Å². The second-order valence-corrected chi connectivity index (χ2v) is 10.3. The van der Waals surface area contributed by atoms with Crippen LogP contribution in [0.25, 0.3) is 0 Å². The van der Waals surface area contributed by atoms with Crippen molar-refractivity contribution in [1.82, 2.24) is 0 Å². The van der Waals surface area contributed by atoms with E-state index in [1.807, 2.05) is 0 Å². The molecule has 5 N–H and O–H groups in total. The van der Waals surface area contributed by atoms with Crippen molar-refractivity contribution in [3.05, 3.63) is 124 Å². The van der Waals surface area contributed by atoms with E-state index >= 15 is 0 Å². The maximum atomic E-state index is 13.5. The van der Waals surface area contributed by atoms with E-state index < -0.39 is 40.5 Å². The Labute approximate surface area is 248 Å². The molecule has 10 nitrogen and oxygen atoms in total. The number of aromatic carboxylic acids is 3. The van der Waals surface area contributed by atoms with Crippen molar-refractivity contribution in [1.29, 1.82) is 0 Å². The molecule has 0 saturated carbocycles. The first kappa shape index (κ1) is 29.8. The number of halogens is 1. The fourth-order valence-electron chi connectivity index (χ4n) is 3.89. The van der Waals surface area contributed by atoms with Crippen LogP contribution in [-0.4, -0.2) is 45.0 Å². The Balaban J connectivity index is 1.59. The predicted molar refractivity (Wildman–Crippen MR) is 157 cm³/mol. The van der Waals surface area contributed by atoms with Gasteiger partial charge in [0.15, 0.2) is 0 Å². The third-order valence-corrected chi connectivity index (χ3v) is 7.48. The lowest BCUT2D eigenvalue weighted by Crippen LogP contribution is -2.19. The molecule has 4 aromatic carbocycles. The Morgan fingerprint density at radius 3 is 2.00 bits per heavy atom. The van der Waals surface area contributed by atoms with Crippen LogP contribution in [0.5, 0.6) is 0 Å². The molecular formula is C30H21ClN2O8S. The zero-order chi connectivity index (χ0) is 30.4. The first-order valence-corrected chi connectivity index (χ1v) is 13.4. The van der Waals surface area contributed by atoms with Gasteiger partial charge < -0.3 is 26.0 Å². The summed E-state index contributed by atoms with van der Waals surface area (Å²) in [6, 6.07) is 22.5. The van der Waals surface area contributed by atoms with Crippen LogP contribution in [0.15, 0.2) is 95.9 Å². The third-order valence-electron chi connectivity index (χ3n) is 5.90. The number of hydrogen-bond donors (Lipinski definition) is 5. The fraction of sp³-hybridized carbons (Fsp3) is 0.0333. The Hall–Kier alpha value is -5.13. The number of carbonyl (C=O) groups is 5. The van der Waals surface area contributed by atoms with Gasteiger partial charge >= 0.3 is 17.9 Å². The van der Waals surface area contributed by atoms with E-state index in [-0.39, 0.29) is 27.4 Å². The predicted octanol–water partition coefficient (Wildman–Crippen LogP) is 6.16. The highest BCUT2D eigenvalue weighted by Crippen LogP contribution is 2.38. The molecule has 0 saturated heterocycles. The summed E-state index contributed by atoms with van der Waals surface area (Å²) in [6.07, 6.45) is 0. The van der Waals surface area contributed by atoms with Crippen molar-refractivity contribution in [2.75, 3.05) is 10.6 Å². The van der Waals surface area contributed by atoms with Gasteiger partial charge in [0.1, 0.15) is 5.25 Å². The SMILES string of the molecule is O=C(O)c1ccc(Cl)c(NC(=O)C(Sc2cccc(NC(=O)c3ccc(C(=O)O)cc3C(=O)O)c2)c2ccccc2)c1. The highest BCUT2D eigenvalue weighted by Gasteiger charge is 2.24. The molecule has 4 aromatic rings. The van der Waals surface area contributed by atoms with Gasteiger partial charge in [0.25, 0.3) is 5.91 Å². The molecule has 12 heteroatoms. The Bertz CT molecular complexity index is 1710. The van der Waals surface area contributed by atoms with E-state index in [1.54, 1.807) is 54.6 Å². The van der Waals surface area contributed by atoms with Gasteiger partial charge in [0.05, 0.1) is 33.0 Å². The maximum absolute atomic E-state index is 13.5. The quantitative estimate of drug-likeness (QED) is 0.133. The number of anilines is 2. The molecule has 0 aliphatic carbocycles. The van der Waals surface area contributed by atoms with E-state index in [1.165, 1.54) is 18.2 Å². The smallest absolute Gasteiger partial charge is 0.336 e. The van der Waals surface area contributed by atoms with Crippen LogP contribution in [-0.2, 0) is 4.79 Å². The van der Waals surface area contributed by atoms with Gasteiger partial charge in [0.2, 0.25) is 5.91 Å². The summed E-state index contributed by atoms with van der Waals surface area (Å²) in [4.78, 5) is 61.3. The number of thioether (sulfide) groups is 1. The summed E-state index contributed by atoms with van der Waals surface area (Å²) >= 11 is 7.36. The molecule has 1 unspecified atom stereocenters. The minimum absolute atomic E-state index is 0.0503. The van der Waals surface area contributed by atoms with Crippen LogP contribution in [0.4, 0.5) is 11.4 Å². The molecule has 0 aliphatic heterocycles. The van der Waals surface area contributed by atoms with Gasteiger partial charge in [-0.25, -0.2) is 14.4 Å². The average molecular weight is 605 g/mol. The summed E-state index contributed by atoms with van der Waals surface area (Å²) in [6.45, 7) is 0. The second-order valence-electron chi connectivity index (χ2n) is 8.75. The number of hydrogen-bond acceptors (Lipinski definition) is 6. The zero-order valence-corrected chi connectivity index (χ0v) is 23.0. The highest BCUT2D eigenvalue weighted by atomic mass is 35.5. The average Bonchev–Trinajstić information content (AvgIpc) is 2.97. The number of benzene rings is 4. The van der Waals surface area contributed by atoms with Gasteiger partial charge in [-0.05, 0) is 60.2 Å². The number of rotatable bonds is 10. The lowest BCUT2D eigenvalue weighted by atomic mass is 10.0. The van der Waals surface area contributed by atoms with Crippen LogP contribution >= 0.6 is 23.4 Å². The van der Waals surface area contributed by atoms with Gasteiger partial charge in [-0.15, -0.1) is 11.8 Å². The summed E-state index contributed by atoms with van der Waals surface area (Å²) in [5.74, 6) is -5.21.